The highest BCUT2D eigenvalue weighted by Gasteiger charge is 2.39. The van der Waals surface area contributed by atoms with E-state index in [0.717, 1.165) is 12.8 Å². The van der Waals surface area contributed by atoms with Crippen LogP contribution in [0.2, 0.25) is 0 Å². The predicted octanol–water partition coefficient (Wildman–Crippen LogP) is 3.32. The molecule has 1 saturated heterocycles. The molecule has 1 atom stereocenters. The molecule has 1 N–H and O–H groups in total. The molecule has 2 fully saturated rings. The maximum absolute atomic E-state index is 12.8. The molecular formula is C19H32N4O3. The van der Waals surface area contributed by atoms with Crippen molar-refractivity contribution in [1.29, 1.82) is 0 Å². The molecule has 1 aliphatic heterocycles. The van der Waals surface area contributed by atoms with Crippen LogP contribution in [0.3, 0.4) is 0 Å². The zero-order chi connectivity index (χ0) is 18.9. The minimum atomic E-state index is -0.346. The minimum Gasteiger partial charge on any atom is -0.422 e. The molecule has 0 spiro atoms. The number of nitrogens with zero attached hydrogens (tertiary/aromatic N) is 3. The van der Waals surface area contributed by atoms with Gasteiger partial charge in [0.25, 0.3) is 0 Å². The van der Waals surface area contributed by atoms with Crippen molar-refractivity contribution < 1.29 is 13.9 Å². The Hall–Kier alpha value is -1.63. The number of rotatable bonds is 3. The first-order chi connectivity index (χ1) is 12.2. The summed E-state index contributed by atoms with van der Waals surface area (Å²) in [6.07, 6.45) is 3.56. The first kappa shape index (κ1) is 19.1. The number of carbonyl (C=O) groups is 1. The van der Waals surface area contributed by atoms with E-state index in [1.165, 1.54) is 6.42 Å². The summed E-state index contributed by atoms with van der Waals surface area (Å²) in [6, 6.07) is 0.185. The first-order valence-corrected chi connectivity index (χ1v) is 9.67. The second kappa shape index (κ2) is 7.18. The highest BCUT2D eigenvalue weighted by molar-refractivity contribution is 5.74. The molecule has 1 aromatic rings. The molecule has 1 aliphatic carbocycles. The number of urea groups is 1. The molecule has 1 saturated carbocycles. The summed E-state index contributed by atoms with van der Waals surface area (Å²) in [5.41, 5.74) is 0.487. The van der Waals surface area contributed by atoms with Crippen LogP contribution in [0.15, 0.2) is 4.42 Å². The molecule has 2 heterocycles. The zero-order valence-corrected chi connectivity index (χ0v) is 16.7. The van der Waals surface area contributed by atoms with Crippen LogP contribution in [-0.2, 0) is 11.2 Å². The van der Waals surface area contributed by atoms with Gasteiger partial charge in [0.05, 0.1) is 13.2 Å². The van der Waals surface area contributed by atoms with Crippen molar-refractivity contribution in [3.05, 3.63) is 11.8 Å². The fourth-order valence-corrected chi connectivity index (χ4v) is 4.74. The summed E-state index contributed by atoms with van der Waals surface area (Å²) in [5.74, 6) is 1.05. The molecule has 3 rings (SSSR count). The van der Waals surface area contributed by atoms with E-state index in [4.69, 9.17) is 9.15 Å². The van der Waals surface area contributed by atoms with E-state index in [1.54, 1.807) is 4.90 Å². The summed E-state index contributed by atoms with van der Waals surface area (Å²) in [4.78, 5) is 14.6. The Morgan fingerprint density at radius 3 is 2.54 bits per heavy atom. The normalized spacial score (nSPS) is 25.9. The molecular weight excluding hydrogens is 332 g/mol. The number of nitrogens with one attached hydrogen (secondary N) is 1. The van der Waals surface area contributed by atoms with Crippen molar-refractivity contribution in [2.45, 2.75) is 72.4 Å². The summed E-state index contributed by atoms with van der Waals surface area (Å²) in [5, 5.41) is 11.3. The van der Waals surface area contributed by atoms with E-state index in [-0.39, 0.29) is 29.0 Å². The van der Waals surface area contributed by atoms with Gasteiger partial charge in [-0.25, -0.2) is 4.79 Å². The van der Waals surface area contributed by atoms with Crippen molar-refractivity contribution in [1.82, 2.24) is 20.4 Å². The van der Waals surface area contributed by atoms with Crippen LogP contribution in [0.4, 0.5) is 4.79 Å². The Balaban J connectivity index is 1.60. The molecule has 0 aromatic carbocycles. The fraction of sp³-hybridized carbons (Fsp3) is 0.842. The van der Waals surface area contributed by atoms with Gasteiger partial charge in [0.1, 0.15) is 0 Å². The lowest BCUT2D eigenvalue weighted by molar-refractivity contribution is -0.0303. The topological polar surface area (TPSA) is 80.5 Å². The fourth-order valence-electron chi connectivity index (χ4n) is 4.74. The average molecular weight is 364 g/mol. The third-order valence-electron chi connectivity index (χ3n) is 5.30. The number of aryl methyl sites for hydroxylation is 1. The number of amides is 2. The SMILES string of the molecule is CCc1nnc(C2CN(C(=O)NC3CC(C)(C)CC(C)(C)C3)CCO2)o1. The molecule has 1 aromatic heterocycles. The van der Waals surface area contributed by atoms with Crippen molar-refractivity contribution in [2.24, 2.45) is 10.8 Å². The Labute approximate surface area is 155 Å². The smallest absolute Gasteiger partial charge is 0.317 e. The van der Waals surface area contributed by atoms with E-state index < -0.39 is 0 Å². The van der Waals surface area contributed by atoms with Crippen molar-refractivity contribution >= 4 is 6.03 Å². The molecule has 7 nitrogen and oxygen atoms in total. The lowest BCUT2D eigenvalue weighted by Crippen LogP contribution is -2.53. The Bertz CT molecular complexity index is 624. The van der Waals surface area contributed by atoms with Gasteiger partial charge in [0.15, 0.2) is 6.10 Å². The maximum atomic E-state index is 12.8. The van der Waals surface area contributed by atoms with Crippen LogP contribution < -0.4 is 5.32 Å². The van der Waals surface area contributed by atoms with Crippen molar-refractivity contribution in [2.75, 3.05) is 19.7 Å². The number of carbonyl (C=O) groups excluding carboxylic acids is 1. The number of hydrogen-bond acceptors (Lipinski definition) is 5. The number of aromatic nitrogens is 2. The number of ether oxygens (including phenoxy) is 1. The summed E-state index contributed by atoms with van der Waals surface area (Å²) in [6.45, 7) is 12.6. The number of morpholine rings is 1. The van der Waals surface area contributed by atoms with Crippen molar-refractivity contribution in [3.8, 4) is 0 Å². The lowest BCUT2D eigenvalue weighted by Gasteiger charge is -2.45. The predicted molar refractivity (Wildman–Crippen MR) is 97.7 cm³/mol. The molecule has 2 amide bonds. The van der Waals surface area contributed by atoms with Gasteiger partial charge < -0.3 is 19.4 Å². The van der Waals surface area contributed by atoms with Crippen LogP contribution >= 0.6 is 0 Å². The average Bonchev–Trinajstić information content (AvgIpc) is 3.01. The van der Waals surface area contributed by atoms with Gasteiger partial charge >= 0.3 is 6.03 Å². The summed E-state index contributed by atoms with van der Waals surface area (Å²) < 4.78 is 11.3. The Morgan fingerprint density at radius 2 is 1.92 bits per heavy atom. The van der Waals surface area contributed by atoms with Gasteiger partial charge in [-0.15, -0.1) is 10.2 Å². The summed E-state index contributed by atoms with van der Waals surface area (Å²) in [7, 11) is 0. The van der Waals surface area contributed by atoms with Gasteiger partial charge in [-0.1, -0.05) is 34.6 Å². The van der Waals surface area contributed by atoms with Gasteiger partial charge in [-0.05, 0) is 30.1 Å². The van der Waals surface area contributed by atoms with Crippen LogP contribution in [0.5, 0.6) is 0 Å². The van der Waals surface area contributed by atoms with Gasteiger partial charge in [0, 0.05) is 19.0 Å². The molecule has 26 heavy (non-hydrogen) atoms. The Morgan fingerprint density at radius 1 is 1.23 bits per heavy atom. The first-order valence-electron chi connectivity index (χ1n) is 9.67. The zero-order valence-electron chi connectivity index (χ0n) is 16.7. The van der Waals surface area contributed by atoms with Crippen LogP contribution in [0.1, 0.15) is 71.8 Å². The Kier molecular flexibility index (Phi) is 5.28. The molecule has 2 aliphatic rings. The maximum Gasteiger partial charge on any atom is 0.317 e. The quantitative estimate of drug-likeness (QED) is 0.890. The largest absolute Gasteiger partial charge is 0.422 e. The molecule has 1 unspecified atom stereocenters. The van der Waals surface area contributed by atoms with E-state index in [2.05, 4.69) is 43.2 Å². The highest BCUT2D eigenvalue weighted by atomic mass is 16.5. The van der Waals surface area contributed by atoms with E-state index >= 15 is 0 Å². The monoisotopic (exact) mass is 364 g/mol. The summed E-state index contributed by atoms with van der Waals surface area (Å²) >= 11 is 0. The standard InChI is InChI=1S/C19H32N4O3/c1-6-15-21-22-16(26-15)14-11-23(7-8-25-14)17(24)20-13-9-18(2,3)12-19(4,5)10-13/h13-14H,6-12H2,1-5H3,(H,20,24). The molecule has 0 bridgehead atoms. The third kappa shape index (κ3) is 4.55. The number of hydrogen-bond donors (Lipinski definition) is 1. The van der Waals surface area contributed by atoms with Crippen molar-refractivity contribution in [3.63, 3.8) is 0 Å². The molecule has 7 heteroatoms. The highest BCUT2D eigenvalue weighted by Crippen LogP contribution is 2.45. The van der Waals surface area contributed by atoms with E-state index in [0.29, 0.717) is 37.9 Å². The lowest BCUT2D eigenvalue weighted by atomic mass is 9.63. The van der Waals surface area contributed by atoms with Crippen LogP contribution in [0.25, 0.3) is 0 Å². The molecule has 0 radical (unpaired) electrons. The van der Waals surface area contributed by atoms with Gasteiger partial charge in [0.2, 0.25) is 11.8 Å². The van der Waals surface area contributed by atoms with E-state index in [9.17, 15) is 4.79 Å². The third-order valence-corrected chi connectivity index (χ3v) is 5.30. The van der Waals surface area contributed by atoms with Gasteiger partial charge in [-0.3, -0.25) is 0 Å². The minimum absolute atomic E-state index is 0.0213. The second-order valence-electron chi connectivity index (χ2n) is 9.25. The van der Waals surface area contributed by atoms with Gasteiger partial charge in [-0.2, -0.15) is 0 Å². The van der Waals surface area contributed by atoms with Crippen LogP contribution in [-0.4, -0.2) is 46.9 Å². The van der Waals surface area contributed by atoms with Crippen LogP contribution in [0, 0.1) is 10.8 Å². The van der Waals surface area contributed by atoms with E-state index in [1.807, 2.05) is 6.92 Å². The second-order valence-corrected chi connectivity index (χ2v) is 9.25. The molecule has 146 valence electrons.